The van der Waals surface area contributed by atoms with E-state index in [2.05, 4.69) is 30.2 Å². The van der Waals surface area contributed by atoms with Crippen molar-refractivity contribution >= 4 is 37.7 Å². The lowest BCUT2D eigenvalue weighted by atomic mass is 9.91. The summed E-state index contributed by atoms with van der Waals surface area (Å²) in [6.07, 6.45) is 3.85. The number of carbonyl (C=O) groups excluding carboxylic acids is 1. The molecule has 0 saturated heterocycles. The number of nitrogens with one attached hydrogen (secondary N) is 1. The van der Waals surface area contributed by atoms with E-state index in [4.69, 9.17) is 9.72 Å². The third-order valence-electron chi connectivity index (χ3n) is 6.58. The minimum Gasteiger partial charge on any atom is -0.370 e. The Morgan fingerprint density at radius 1 is 1.32 bits per heavy atom. The zero-order valence-electron chi connectivity index (χ0n) is 19.6. The summed E-state index contributed by atoms with van der Waals surface area (Å²) in [7, 11) is 0. The molecule has 34 heavy (non-hydrogen) atoms. The third-order valence-corrected chi connectivity index (χ3v) is 7.65. The molecule has 0 bridgehead atoms. The van der Waals surface area contributed by atoms with E-state index in [-0.39, 0.29) is 29.7 Å². The molecule has 1 amide bonds. The van der Waals surface area contributed by atoms with Crippen LogP contribution in [0.2, 0.25) is 0 Å². The first-order valence-electron chi connectivity index (χ1n) is 11.6. The lowest BCUT2D eigenvalue weighted by Crippen LogP contribution is -2.38. The van der Waals surface area contributed by atoms with Crippen LogP contribution in [0.1, 0.15) is 44.0 Å². The van der Waals surface area contributed by atoms with Gasteiger partial charge in [-0.1, -0.05) is 37.3 Å². The highest BCUT2D eigenvalue weighted by Gasteiger charge is 2.31. The van der Waals surface area contributed by atoms with E-state index in [9.17, 15) is 9.59 Å². The van der Waals surface area contributed by atoms with Crippen molar-refractivity contribution in [2.45, 2.75) is 64.8 Å². The highest BCUT2D eigenvalue weighted by molar-refractivity contribution is 7.25. The second-order valence-electron chi connectivity index (χ2n) is 9.33. The van der Waals surface area contributed by atoms with Crippen molar-refractivity contribution in [2.75, 3.05) is 0 Å². The van der Waals surface area contributed by atoms with Gasteiger partial charge >= 0.3 is 0 Å². The fourth-order valence-corrected chi connectivity index (χ4v) is 5.52. The SMILES string of the molecule is CC[C@@]1(C)Cc2nc3sc4c(=O)n(CC(=O)N[C@H](C)Cc5ccccc5)cnc4c3cc2CO1. The Kier molecular flexibility index (Phi) is 5.95. The van der Waals surface area contributed by atoms with Crippen LogP contribution >= 0.6 is 11.3 Å². The number of hydrogen-bond acceptors (Lipinski definition) is 6. The van der Waals surface area contributed by atoms with E-state index in [1.165, 1.54) is 22.2 Å². The van der Waals surface area contributed by atoms with Gasteiger partial charge in [0.25, 0.3) is 5.56 Å². The van der Waals surface area contributed by atoms with Crippen molar-refractivity contribution in [1.82, 2.24) is 19.9 Å². The van der Waals surface area contributed by atoms with Gasteiger partial charge < -0.3 is 10.1 Å². The Hall–Kier alpha value is -3.10. The first-order valence-corrected chi connectivity index (χ1v) is 12.4. The van der Waals surface area contributed by atoms with E-state index in [1.54, 1.807) is 0 Å². The van der Waals surface area contributed by atoms with Crippen molar-refractivity contribution in [3.8, 4) is 0 Å². The van der Waals surface area contributed by atoms with E-state index in [0.717, 1.165) is 46.3 Å². The topological polar surface area (TPSA) is 86.1 Å². The summed E-state index contributed by atoms with van der Waals surface area (Å²) in [5.74, 6) is -0.211. The Balaban J connectivity index is 1.38. The van der Waals surface area contributed by atoms with Crippen molar-refractivity contribution in [3.05, 3.63) is 69.9 Å². The normalized spacial score (nSPS) is 18.7. The minimum absolute atomic E-state index is 0.0434. The van der Waals surface area contributed by atoms with Crippen LogP contribution in [0.5, 0.6) is 0 Å². The number of ether oxygens (including phenoxy) is 1. The van der Waals surface area contributed by atoms with Crippen LogP contribution in [-0.2, 0) is 35.5 Å². The van der Waals surface area contributed by atoms with Gasteiger partial charge in [-0.15, -0.1) is 11.3 Å². The number of carbonyl (C=O) groups is 1. The Morgan fingerprint density at radius 2 is 2.12 bits per heavy atom. The molecule has 1 aromatic carbocycles. The highest BCUT2D eigenvalue weighted by Crippen LogP contribution is 2.35. The molecule has 2 atom stereocenters. The lowest BCUT2D eigenvalue weighted by molar-refractivity contribution is -0.122. The largest absolute Gasteiger partial charge is 0.370 e. The van der Waals surface area contributed by atoms with Gasteiger partial charge in [0.15, 0.2) is 0 Å². The molecule has 1 N–H and O–H groups in total. The van der Waals surface area contributed by atoms with E-state index in [0.29, 0.717) is 16.8 Å². The molecule has 0 spiro atoms. The summed E-state index contributed by atoms with van der Waals surface area (Å²) in [4.78, 5) is 36.0. The first-order chi connectivity index (χ1) is 16.3. The van der Waals surface area contributed by atoms with Gasteiger partial charge in [-0.05, 0) is 38.3 Å². The smallest absolute Gasteiger partial charge is 0.271 e. The maximum atomic E-state index is 13.2. The summed E-state index contributed by atoms with van der Waals surface area (Å²) in [5.41, 5.74) is 3.45. The summed E-state index contributed by atoms with van der Waals surface area (Å²) < 4.78 is 7.97. The minimum atomic E-state index is -0.216. The zero-order valence-corrected chi connectivity index (χ0v) is 20.4. The molecule has 0 radical (unpaired) electrons. The van der Waals surface area contributed by atoms with Crippen LogP contribution < -0.4 is 10.9 Å². The van der Waals surface area contributed by atoms with Gasteiger partial charge in [-0.2, -0.15) is 0 Å². The maximum absolute atomic E-state index is 13.2. The molecule has 0 unspecified atom stereocenters. The molecule has 1 aliphatic heterocycles. The molecule has 4 aromatic rings. The average Bonchev–Trinajstić information content (AvgIpc) is 3.18. The number of thiophene rings is 1. The van der Waals surface area contributed by atoms with Crippen molar-refractivity contribution in [1.29, 1.82) is 0 Å². The monoisotopic (exact) mass is 476 g/mol. The van der Waals surface area contributed by atoms with Crippen LogP contribution in [-0.4, -0.2) is 32.1 Å². The van der Waals surface area contributed by atoms with E-state index < -0.39 is 0 Å². The van der Waals surface area contributed by atoms with Crippen LogP contribution in [0, 0.1) is 0 Å². The summed E-state index contributed by atoms with van der Waals surface area (Å²) in [5, 5.41) is 3.85. The van der Waals surface area contributed by atoms with Gasteiger partial charge in [0.2, 0.25) is 5.91 Å². The molecule has 8 heteroatoms. The van der Waals surface area contributed by atoms with E-state index >= 15 is 0 Å². The number of hydrogen-bond donors (Lipinski definition) is 1. The fraction of sp³-hybridized carbons (Fsp3) is 0.385. The predicted octanol–water partition coefficient (Wildman–Crippen LogP) is 4.00. The molecule has 0 fully saturated rings. The molecular weight excluding hydrogens is 448 g/mol. The molecule has 0 aliphatic carbocycles. The molecule has 5 rings (SSSR count). The molecule has 176 valence electrons. The maximum Gasteiger partial charge on any atom is 0.271 e. The number of nitrogens with zero attached hydrogens (tertiary/aromatic N) is 3. The van der Waals surface area contributed by atoms with Crippen molar-refractivity contribution in [2.24, 2.45) is 0 Å². The molecule has 3 aromatic heterocycles. The molecule has 1 aliphatic rings. The lowest BCUT2D eigenvalue weighted by Gasteiger charge is -2.33. The first kappa shape index (κ1) is 22.7. The van der Waals surface area contributed by atoms with Crippen LogP contribution in [0.3, 0.4) is 0 Å². The second kappa shape index (κ2) is 8.92. The zero-order chi connectivity index (χ0) is 23.9. The summed E-state index contributed by atoms with van der Waals surface area (Å²) >= 11 is 1.35. The van der Waals surface area contributed by atoms with Gasteiger partial charge in [-0.3, -0.25) is 14.2 Å². The van der Waals surface area contributed by atoms with E-state index in [1.807, 2.05) is 37.3 Å². The second-order valence-corrected chi connectivity index (χ2v) is 10.3. The quantitative estimate of drug-likeness (QED) is 0.455. The number of pyridine rings is 1. The highest BCUT2D eigenvalue weighted by atomic mass is 32.1. The van der Waals surface area contributed by atoms with Gasteiger partial charge in [0.1, 0.15) is 16.1 Å². The average molecular weight is 477 g/mol. The van der Waals surface area contributed by atoms with Crippen LogP contribution in [0.15, 0.2) is 47.5 Å². The number of aromatic nitrogens is 3. The van der Waals surface area contributed by atoms with Crippen LogP contribution in [0.4, 0.5) is 0 Å². The van der Waals surface area contributed by atoms with Crippen molar-refractivity contribution in [3.63, 3.8) is 0 Å². The fourth-order valence-electron chi connectivity index (χ4n) is 4.44. The predicted molar refractivity (Wildman–Crippen MR) is 134 cm³/mol. The van der Waals surface area contributed by atoms with Gasteiger partial charge in [-0.25, -0.2) is 9.97 Å². The number of fused-ring (bicyclic) bond motifs is 4. The van der Waals surface area contributed by atoms with Crippen LogP contribution in [0.25, 0.3) is 20.4 Å². The van der Waals surface area contributed by atoms with Gasteiger partial charge in [0, 0.05) is 23.4 Å². The Morgan fingerprint density at radius 3 is 2.88 bits per heavy atom. The molecule has 7 nitrogen and oxygen atoms in total. The molecule has 4 heterocycles. The molecule has 0 saturated carbocycles. The number of rotatable bonds is 6. The number of benzene rings is 1. The Bertz CT molecular complexity index is 1430. The third kappa shape index (κ3) is 4.35. The van der Waals surface area contributed by atoms with Gasteiger partial charge in [0.05, 0.1) is 29.7 Å². The standard InChI is InChI=1S/C26H28N4O3S/c1-4-26(3)12-20-18(14-33-26)11-19-22-23(34-24(19)29-20)25(32)30(15-27-22)13-21(31)28-16(2)10-17-8-6-5-7-9-17/h5-9,11,15-16H,4,10,12-14H2,1-3H3,(H,28,31)/t16-,26+/m1/s1. The summed E-state index contributed by atoms with van der Waals surface area (Å²) in [6, 6.07) is 12.0. The Labute approximate surface area is 201 Å². The van der Waals surface area contributed by atoms with Crippen molar-refractivity contribution < 1.29 is 9.53 Å². The summed E-state index contributed by atoms with van der Waals surface area (Å²) in [6.45, 7) is 6.63. The molecular formula is C26H28N4O3S. The number of amides is 1.